The van der Waals surface area contributed by atoms with E-state index in [0.717, 1.165) is 0 Å². The van der Waals surface area contributed by atoms with Crippen molar-refractivity contribution in [2.45, 2.75) is 25.9 Å². The molecule has 0 rings (SSSR count). The number of carbonyl (C=O) groups is 1. The van der Waals surface area contributed by atoms with Crippen LogP contribution in [0.2, 0.25) is 0 Å². The van der Waals surface area contributed by atoms with E-state index in [4.69, 9.17) is 11.5 Å². The molecule has 1 N–H and O–H groups in total. The first-order chi connectivity index (χ1) is 4.54. The van der Waals surface area contributed by atoms with Gasteiger partial charge in [-0.3, -0.25) is 0 Å². The molecule has 3 heteroatoms. The van der Waals surface area contributed by atoms with E-state index < -0.39 is 11.8 Å². The smallest absolute Gasteiger partial charge is 0.450 e. The van der Waals surface area contributed by atoms with Gasteiger partial charge in [-0.15, -0.1) is 6.42 Å². The zero-order valence-corrected chi connectivity index (χ0v) is 6.05. The number of carboxylic acid groups (broad SMARTS) is 1. The van der Waals surface area contributed by atoms with Crippen LogP contribution in [0.5, 0.6) is 0 Å². The van der Waals surface area contributed by atoms with E-state index in [0.29, 0.717) is 6.42 Å². The SMILES string of the molecule is C#CC(C)(CC)OC(=O)O. The van der Waals surface area contributed by atoms with Crippen molar-refractivity contribution in [3.05, 3.63) is 0 Å². The van der Waals surface area contributed by atoms with E-state index in [9.17, 15) is 4.79 Å². The maximum absolute atomic E-state index is 10.0. The van der Waals surface area contributed by atoms with E-state index in [1.807, 2.05) is 0 Å². The molecule has 0 aromatic carbocycles. The van der Waals surface area contributed by atoms with Crippen LogP contribution in [0.4, 0.5) is 4.79 Å². The predicted molar refractivity (Wildman–Crippen MR) is 36.6 cm³/mol. The molecule has 56 valence electrons. The Balaban J connectivity index is 4.10. The third-order valence-corrected chi connectivity index (χ3v) is 1.29. The summed E-state index contributed by atoms with van der Waals surface area (Å²) in [6.45, 7) is 3.32. The molecule has 0 aromatic heterocycles. The standard InChI is InChI=1S/C7H10O3/c1-4-7(3,5-2)10-6(8)9/h1H,5H2,2-3H3,(H,8,9). The molecule has 0 fully saturated rings. The second-order valence-corrected chi connectivity index (χ2v) is 2.10. The lowest BCUT2D eigenvalue weighted by Crippen LogP contribution is -2.28. The molecule has 0 saturated carbocycles. The van der Waals surface area contributed by atoms with Crippen molar-refractivity contribution in [2.75, 3.05) is 0 Å². The Labute approximate surface area is 60.0 Å². The maximum Gasteiger partial charge on any atom is 0.507 e. The first-order valence-electron chi connectivity index (χ1n) is 2.94. The van der Waals surface area contributed by atoms with Crippen LogP contribution < -0.4 is 0 Å². The summed E-state index contributed by atoms with van der Waals surface area (Å²) in [5, 5.41) is 8.19. The fourth-order valence-electron chi connectivity index (χ4n) is 0.396. The van der Waals surface area contributed by atoms with Gasteiger partial charge in [0.05, 0.1) is 0 Å². The van der Waals surface area contributed by atoms with Crippen LogP contribution in [-0.2, 0) is 4.74 Å². The quantitative estimate of drug-likeness (QED) is 0.469. The number of rotatable bonds is 2. The molecular formula is C7H10O3. The highest BCUT2D eigenvalue weighted by Gasteiger charge is 2.22. The van der Waals surface area contributed by atoms with Crippen molar-refractivity contribution in [1.82, 2.24) is 0 Å². The Bertz CT molecular complexity index is 168. The Morgan fingerprint density at radius 1 is 1.90 bits per heavy atom. The molecule has 0 amide bonds. The molecule has 0 aliphatic heterocycles. The predicted octanol–water partition coefficient (Wildman–Crippen LogP) is 1.48. The number of hydrogen-bond acceptors (Lipinski definition) is 2. The molecule has 0 spiro atoms. The van der Waals surface area contributed by atoms with Crippen LogP contribution in [0.3, 0.4) is 0 Å². The molecule has 0 aliphatic rings. The average molecular weight is 142 g/mol. The molecule has 0 heterocycles. The topological polar surface area (TPSA) is 46.5 Å². The van der Waals surface area contributed by atoms with Crippen molar-refractivity contribution in [3.8, 4) is 12.3 Å². The lowest BCUT2D eigenvalue weighted by Gasteiger charge is -2.19. The minimum absolute atomic E-state index is 0.482. The van der Waals surface area contributed by atoms with Crippen molar-refractivity contribution < 1.29 is 14.6 Å². The lowest BCUT2D eigenvalue weighted by atomic mass is 10.1. The van der Waals surface area contributed by atoms with Gasteiger partial charge in [0.2, 0.25) is 0 Å². The summed E-state index contributed by atoms with van der Waals surface area (Å²) in [7, 11) is 0. The van der Waals surface area contributed by atoms with Gasteiger partial charge in [-0.1, -0.05) is 12.8 Å². The molecule has 3 nitrogen and oxygen atoms in total. The van der Waals surface area contributed by atoms with Crippen molar-refractivity contribution in [3.63, 3.8) is 0 Å². The molecule has 0 aliphatic carbocycles. The van der Waals surface area contributed by atoms with E-state index in [2.05, 4.69) is 10.7 Å². The zero-order valence-electron chi connectivity index (χ0n) is 6.05. The van der Waals surface area contributed by atoms with Gasteiger partial charge in [-0.25, -0.2) is 4.79 Å². The highest BCUT2D eigenvalue weighted by atomic mass is 16.7. The molecular weight excluding hydrogens is 132 g/mol. The highest BCUT2D eigenvalue weighted by Crippen LogP contribution is 2.12. The second kappa shape index (κ2) is 3.11. The zero-order chi connectivity index (χ0) is 8.20. The summed E-state index contributed by atoms with van der Waals surface area (Å²) in [5.74, 6) is 2.26. The van der Waals surface area contributed by atoms with Crippen LogP contribution in [0, 0.1) is 12.3 Å². The van der Waals surface area contributed by atoms with Crippen LogP contribution in [0.1, 0.15) is 20.3 Å². The van der Waals surface area contributed by atoms with E-state index in [1.54, 1.807) is 13.8 Å². The van der Waals surface area contributed by atoms with Crippen LogP contribution in [0.15, 0.2) is 0 Å². The molecule has 10 heavy (non-hydrogen) atoms. The fraction of sp³-hybridized carbons (Fsp3) is 0.571. The minimum Gasteiger partial charge on any atom is -0.450 e. The van der Waals surface area contributed by atoms with E-state index in [-0.39, 0.29) is 0 Å². The minimum atomic E-state index is -1.33. The largest absolute Gasteiger partial charge is 0.507 e. The molecule has 0 saturated heterocycles. The van der Waals surface area contributed by atoms with E-state index in [1.165, 1.54) is 0 Å². The summed E-state index contributed by atoms with van der Waals surface area (Å²) in [4.78, 5) is 10.0. The van der Waals surface area contributed by atoms with E-state index >= 15 is 0 Å². The Hall–Kier alpha value is -1.17. The van der Waals surface area contributed by atoms with Gasteiger partial charge in [0.1, 0.15) is 0 Å². The highest BCUT2D eigenvalue weighted by molar-refractivity contribution is 5.58. The number of terminal acetylenes is 1. The summed E-state index contributed by atoms with van der Waals surface area (Å²) >= 11 is 0. The van der Waals surface area contributed by atoms with Crippen molar-refractivity contribution >= 4 is 6.16 Å². The summed E-state index contributed by atoms with van der Waals surface area (Å²) < 4.78 is 4.42. The monoisotopic (exact) mass is 142 g/mol. The maximum atomic E-state index is 10.0. The Kier molecular flexibility index (Phi) is 2.75. The first-order valence-corrected chi connectivity index (χ1v) is 2.94. The fourth-order valence-corrected chi connectivity index (χ4v) is 0.396. The molecule has 0 aromatic rings. The third kappa shape index (κ3) is 2.40. The third-order valence-electron chi connectivity index (χ3n) is 1.29. The van der Waals surface area contributed by atoms with Gasteiger partial charge in [0.15, 0.2) is 5.60 Å². The summed E-state index contributed by atoms with van der Waals surface area (Å²) in [6.07, 6.45) is 4.18. The lowest BCUT2D eigenvalue weighted by molar-refractivity contribution is 0.0242. The van der Waals surface area contributed by atoms with Gasteiger partial charge in [0, 0.05) is 0 Å². The summed E-state index contributed by atoms with van der Waals surface area (Å²) in [6, 6.07) is 0. The van der Waals surface area contributed by atoms with Crippen molar-refractivity contribution in [2.24, 2.45) is 0 Å². The van der Waals surface area contributed by atoms with Crippen LogP contribution in [-0.4, -0.2) is 16.9 Å². The molecule has 0 radical (unpaired) electrons. The molecule has 1 atom stereocenters. The van der Waals surface area contributed by atoms with Gasteiger partial charge in [-0.05, 0) is 13.3 Å². The Morgan fingerprint density at radius 3 is 2.50 bits per heavy atom. The second-order valence-electron chi connectivity index (χ2n) is 2.10. The van der Waals surface area contributed by atoms with Gasteiger partial charge in [-0.2, -0.15) is 0 Å². The average Bonchev–Trinajstić information content (AvgIpc) is 1.87. The van der Waals surface area contributed by atoms with Gasteiger partial charge < -0.3 is 9.84 Å². The van der Waals surface area contributed by atoms with Crippen LogP contribution >= 0.6 is 0 Å². The van der Waals surface area contributed by atoms with Gasteiger partial charge >= 0.3 is 6.16 Å². The molecule has 0 bridgehead atoms. The van der Waals surface area contributed by atoms with Gasteiger partial charge in [0.25, 0.3) is 0 Å². The normalized spacial score (nSPS) is 14.9. The number of hydrogen-bond donors (Lipinski definition) is 1. The Morgan fingerprint density at radius 2 is 2.40 bits per heavy atom. The molecule has 1 unspecified atom stereocenters. The van der Waals surface area contributed by atoms with Crippen LogP contribution in [0.25, 0.3) is 0 Å². The first kappa shape index (κ1) is 8.83. The van der Waals surface area contributed by atoms with Crippen molar-refractivity contribution in [1.29, 1.82) is 0 Å². The number of ether oxygens (including phenoxy) is 1. The summed E-state index contributed by atoms with van der Waals surface area (Å²) in [5.41, 5.74) is -0.966.